The van der Waals surface area contributed by atoms with E-state index >= 15 is 0 Å². The molecular weight excluding hydrogens is 368 g/mol. The number of benzene rings is 4. The number of aryl methyl sites for hydroxylation is 2. The molecule has 0 atom stereocenters. The van der Waals surface area contributed by atoms with Crippen molar-refractivity contribution in [1.82, 2.24) is 9.13 Å². The van der Waals surface area contributed by atoms with Crippen molar-refractivity contribution in [3.8, 4) is 12.1 Å². The van der Waals surface area contributed by atoms with Gasteiger partial charge >= 0.3 is 0 Å². The Morgan fingerprint density at radius 3 is 1.33 bits per heavy atom. The van der Waals surface area contributed by atoms with E-state index in [0.29, 0.717) is 11.1 Å². The van der Waals surface area contributed by atoms with E-state index in [2.05, 4.69) is 59.6 Å². The van der Waals surface area contributed by atoms with Gasteiger partial charge < -0.3 is 9.13 Å². The Balaban J connectivity index is 1.75. The summed E-state index contributed by atoms with van der Waals surface area (Å²) in [5, 5.41) is 25.6. The average molecular weight is 384 g/mol. The Kier molecular flexibility index (Phi) is 3.12. The lowest BCUT2D eigenvalue weighted by Crippen LogP contribution is -1.88. The zero-order chi connectivity index (χ0) is 20.6. The molecule has 0 radical (unpaired) electrons. The van der Waals surface area contributed by atoms with Crippen molar-refractivity contribution in [2.75, 3.05) is 0 Å². The molecule has 0 amide bonds. The molecule has 0 saturated carbocycles. The Labute approximate surface area is 172 Å². The maximum absolute atomic E-state index is 9.27. The smallest absolute Gasteiger partial charge is 0.0992 e. The fourth-order valence-electron chi connectivity index (χ4n) is 4.78. The predicted molar refractivity (Wildman–Crippen MR) is 121 cm³/mol. The zero-order valence-electron chi connectivity index (χ0n) is 16.6. The third-order valence-corrected chi connectivity index (χ3v) is 6.35. The molecule has 30 heavy (non-hydrogen) atoms. The topological polar surface area (TPSA) is 57.4 Å². The quantitative estimate of drug-likeness (QED) is 0.329. The molecule has 0 aliphatic carbocycles. The number of aromatic nitrogens is 2. The molecule has 140 valence electrons. The number of nitrogens with zero attached hydrogens (tertiary/aromatic N) is 4. The van der Waals surface area contributed by atoms with E-state index < -0.39 is 0 Å². The minimum Gasteiger partial charge on any atom is -0.344 e. The van der Waals surface area contributed by atoms with Gasteiger partial charge in [0.2, 0.25) is 0 Å². The van der Waals surface area contributed by atoms with E-state index in [-0.39, 0.29) is 0 Å². The van der Waals surface area contributed by atoms with Crippen LogP contribution < -0.4 is 0 Å². The summed E-state index contributed by atoms with van der Waals surface area (Å²) in [6.07, 6.45) is 0. The highest BCUT2D eigenvalue weighted by Crippen LogP contribution is 2.36. The van der Waals surface area contributed by atoms with Gasteiger partial charge in [-0.1, -0.05) is 12.1 Å². The molecular formula is C26H16N4. The summed E-state index contributed by atoms with van der Waals surface area (Å²) in [7, 11) is 4.11. The van der Waals surface area contributed by atoms with Gasteiger partial charge in [0.25, 0.3) is 0 Å². The molecule has 0 aliphatic heterocycles. The fourth-order valence-corrected chi connectivity index (χ4v) is 4.78. The van der Waals surface area contributed by atoms with Crippen LogP contribution in [0.5, 0.6) is 0 Å². The first-order valence-corrected chi connectivity index (χ1v) is 9.77. The van der Waals surface area contributed by atoms with Gasteiger partial charge in [0, 0.05) is 46.7 Å². The highest BCUT2D eigenvalue weighted by Gasteiger charge is 2.14. The highest BCUT2D eigenvalue weighted by molar-refractivity contribution is 6.17. The van der Waals surface area contributed by atoms with Gasteiger partial charge in [-0.05, 0) is 59.3 Å². The van der Waals surface area contributed by atoms with Crippen LogP contribution >= 0.6 is 0 Å². The second-order valence-corrected chi connectivity index (χ2v) is 7.89. The minimum absolute atomic E-state index is 0.673. The molecule has 0 aliphatic rings. The van der Waals surface area contributed by atoms with Crippen molar-refractivity contribution >= 4 is 54.4 Å². The zero-order valence-corrected chi connectivity index (χ0v) is 16.6. The van der Waals surface area contributed by atoms with Gasteiger partial charge in [-0.3, -0.25) is 0 Å². The molecule has 2 aromatic heterocycles. The Morgan fingerprint density at radius 1 is 0.533 bits per heavy atom. The normalized spacial score (nSPS) is 11.6. The summed E-state index contributed by atoms with van der Waals surface area (Å²) in [5.41, 5.74) is 5.79. The van der Waals surface area contributed by atoms with Crippen molar-refractivity contribution in [3.05, 3.63) is 71.8 Å². The molecule has 4 nitrogen and oxygen atoms in total. The van der Waals surface area contributed by atoms with Crippen LogP contribution in [0.2, 0.25) is 0 Å². The van der Waals surface area contributed by atoms with Gasteiger partial charge in [-0.25, -0.2) is 0 Å². The van der Waals surface area contributed by atoms with E-state index in [4.69, 9.17) is 0 Å². The third kappa shape index (κ3) is 2.03. The lowest BCUT2D eigenvalue weighted by Gasteiger charge is -2.04. The molecule has 0 spiro atoms. The van der Waals surface area contributed by atoms with Crippen LogP contribution in [0.25, 0.3) is 54.4 Å². The van der Waals surface area contributed by atoms with Crippen LogP contribution in [0.15, 0.2) is 60.7 Å². The molecule has 4 aromatic carbocycles. The van der Waals surface area contributed by atoms with Gasteiger partial charge in [-0.15, -0.1) is 0 Å². The number of hydrogen-bond donors (Lipinski definition) is 0. The first kappa shape index (κ1) is 16.7. The van der Waals surface area contributed by atoms with E-state index in [9.17, 15) is 10.5 Å². The van der Waals surface area contributed by atoms with E-state index in [1.165, 1.54) is 21.5 Å². The molecule has 0 fully saturated rings. The second kappa shape index (κ2) is 5.63. The largest absolute Gasteiger partial charge is 0.344 e. The maximum Gasteiger partial charge on any atom is 0.0992 e. The van der Waals surface area contributed by atoms with Crippen molar-refractivity contribution in [2.45, 2.75) is 0 Å². The Morgan fingerprint density at radius 2 is 0.933 bits per heavy atom. The molecule has 6 aromatic rings. The highest BCUT2D eigenvalue weighted by atomic mass is 14.9. The summed E-state index contributed by atoms with van der Waals surface area (Å²) in [4.78, 5) is 0. The van der Waals surface area contributed by atoms with Crippen LogP contribution in [-0.2, 0) is 14.1 Å². The Bertz CT molecular complexity index is 1650. The lowest BCUT2D eigenvalue weighted by atomic mass is 10.0. The van der Waals surface area contributed by atoms with Crippen LogP contribution in [-0.4, -0.2) is 9.13 Å². The second-order valence-electron chi connectivity index (χ2n) is 7.89. The van der Waals surface area contributed by atoms with E-state index in [1.807, 2.05) is 36.4 Å². The number of hydrogen-bond acceptors (Lipinski definition) is 2. The molecule has 0 bridgehead atoms. The molecule has 6 rings (SSSR count). The van der Waals surface area contributed by atoms with Gasteiger partial charge in [-0.2, -0.15) is 10.5 Å². The predicted octanol–water partition coefficient (Wildman–Crippen LogP) is 5.87. The summed E-state index contributed by atoms with van der Waals surface area (Å²) in [6.45, 7) is 0. The van der Waals surface area contributed by atoms with Gasteiger partial charge in [0.15, 0.2) is 0 Å². The minimum atomic E-state index is 0.673. The molecule has 0 saturated heterocycles. The van der Waals surface area contributed by atoms with Crippen LogP contribution in [0.3, 0.4) is 0 Å². The van der Waals surface area contributed by atoms with E-state index in [0.717, 1.165) is 32.8 Å². The SMILES string of the molecule is Cn1c2cc(C#N)ccc2c2cc3cc4c(cc3cc21)c1ccc(C#N)cc1n4C. The van der Waals surface area contributed by atoms with Crippen molar-refractivity contribution in [1.29, 1.82) is 10.5 Å². The van der Waals surface area contributed by atoms with Crippen LogP contribution in [0.4, 0.5) is 0 Å². The first-order chi connectivity index (χ1) is 14.6. The molecule has 0 N–H and O–H groups in total. The van der Waals surface area contributed by atoms with Gasteiger partial charge in [0.05, 0.1) is 34.3 Å². The van der Waals surface area contributed by atoms with Crippen LogP contribution in [0, 0.1) is 22.7 Å². The summed E-state index contributed by atoms with van der Waals surface area (Å²) < 4.78 is 4.33. The third-order valence-electron chi connectivity index (χ3n) is 6.35. The van der Waals surface area contributed by atoms with Crippen molar-refractivity contribution in [3.63, 3.8) is 0 Å². The van der Waals surface area contributed by atoms with Gasteiger partial charge in [0.1, 0.15) is 0 Å². The van der Waals surface area contributed by atoms with Crippen LogP contribution in [0.1, 0.15) is 11.1 Å². The fraction of sp³-hybridized carbons (Fsp3) is 0.0769. The van der Waals surface area contributed by atoms with Crippen molar-refractivity contribution in [2.24, 2.45) is 14.1 Å². The Hall–Kier alpha value is -4.28. The maximum atomic E-state index is 9.27. The standard InChI is InChI=1S/C26H16N4/c1-29-23-7-15(13-27)3-5-19(23)21-9-18-12-26-22(10-17(18)11-25(21)29)20-6-4-16(14-28)8-24(20)30(26)2/h3-12H,1-2H3. The van der Waals surface area contributed by atoms with E-state index in [1.54, 1.807) is 0 Å². The monoisotopic (exact) mass is 384 g/mol. The summed E-state index contributed by atoms with van der Waals surface area (Å²) >= 11 is 0. The average Bonchev–Trinajstić information content (AvgIpc) is 3.21. The molecule has 2 heterocycles. The number of fused-ring (bicyclic) bond motifs is 7. The number of nitriles is 2. The number of rotatable bonds is 0. The molecule has 0 unspecified atom stereocenters. The molecule has 4 heteroatoms. The summed E-state index contributed by atoms with van der Waals surface area (Å²) in [5.74, 6) is 0. The first-order valence-electron chi connectivity index (χ1n) is 9.77. The lowest BCUT2D eigenvalue weighted by molar-refractivity contribution is 1.01. The summed E-state index contributed by atoms with van der Waals surface area (Å²) in [6, 6.07) is 25.2. The van der Waals surface area contributed by atoms with Crippen molar-refractivity contribution < 1.29 is 0 Å².